The molecule has 1 fully saturated rings. The number of rotatable bonds is 1. The van der Waals surface area contributed by atoms with Crippen molar-refractivity contribution in [2.24, 2.45) is 5.73 Å². The third-order valence-corrected chi connectivity index (χ3v) is 1.92. The van der Waals surface area contributed by atoms with E-state index < -0.39 is 6.09 Å². The summed E-state index contributed by atoms with van der Waals surface area (Å²) in [5.41, 5.74) is 5.52. The van der Waals surface area contributed by atoms with Crippen LogP contribution in [0.1, 0.15) is 13.3 Å². The van der Waals surface area contributed by atoms with E-state index in [0.29, 0.717) is 6.54 Å². The van der Waals surface area contributed by atoms with Crippen molar-refractivity contribution in [1.82, 2.24) is 4.90 Å². The second-order valence-corrected chi connectivity index (χ2v) is 2.69. The second-order valence-electron chi connectivity index (χ2n) is 2.69. The molecule has 0 aromatic carbocycles. The summed E-state index contributed by atoms with van der Waals surface area (Å²) in [5, 5.41) is 8.52. The van der Waals surface area contributed by atoms with Gasteiger partial charge in [-0.15, -0.1) is 0 Å². The summed E-state index contributed by atoms with van der Waals surface area (Å²) in [6, 6.07) is 0.0161. The lowest BCUT2D eigenvalue weighted by atomic mass is 9.98. The summed E-state index contributed by atoms with van der Waals surface area (Å²) in [7, 11) is 0. The largest absolute Gasteiger partial charge is 0.465 e. The van der Waals surface area contributed by atoms with Gasteiger partial charge in [-0.3, -0.25) is 0 Å². The summed E-state index contributed by atoms with van der Waals surface area (Å²) in [6.07, 6.45) is 0.0535. The van der Waals surface area contributed by atoms with Crippen LogP contribution in [0.15, 0.2) is 0 Å². The second kappa shape index (κ2) is 2.46. The maximum atomic E-state index is 10.4. The number of likely N-dealkylation sites (tertiary alicyclic amines) is 1. The van der Waals surface area contributed by atoms with Gasteiger partial charge < -0.3 is 15.7 Å². The van der Waals surface area contributed by atoms with Gasteiger partial charge in [0, 0.05) is 12.6 Å². The lowest BCUT2D eigenvalue weighted by Gasteiger charge is -2.41. The zero-order valence-corrected chi connectivity index (χ0v) is 5.95. The molecule has 0 aliphatic carbocycles. The molecule has 0 saturated carbocycles. The molecule has 4 nitrogen and oxygen atoms in total. The number of carboxylic acid groups (broad SMARTS) is 1. The molecule has 0 spiro atoms. The van der Waals surface area contributed by atoms with Crippen molar-refractivity contribution in [3.05, 3.63) is 0 Å². The minimum absolute atomic E-state index is 0.0372. The number of nitrogens with zero attached hydrogens (tertiary/aromatic N) is 1. The molecule has 58 valence electrons. The smallest absolute Gasteiger partial charge is 0.407 e. The van der Waals surface area contributed by atoms with Gasteiger partial charge in [-0.05, 0) is 13.3 Å². The Morgan fingerprint density at radius 1 is 1.90 bits per heavy atom. The summed E-state index contributed by atoms with van der Waals surface area (Å²) in [5.74, 6) is 0. The highest BCUT2D eigenvalue weighted by Crippen LogP contribution is 2.18. The Labute approximate surface area is 59.6 Å². The molecule has 0 aromatic rings. The molecule has 0 aromatic heterocycles. The highest BCUT2D eigenvalue weighted by atomic mass is 16.4. The van der Waals surface area contributed by atoms with Gasteiger partial charge in [-0.1, -0.05) is 0 Å². The van der Waals surface area contributed by atoms with Gasteiger partial charge in [0.25, 0.3) is 0 Å². The first-order chi connectivity index (χ1) is 4.63. The molecular formula is C6H12N2O2. The standard InChI is InChI=1S/C6H12N2O2/c1-4(7)5-2-3-8(5)6(9)10/h4-5H,2-3,7H2,1H3,(H,9,10)/t4-,5?/m0/s1. The Morgan fingerprint density at radius 3 is 2.60 bits per heavy atom. The van der Waals surface area contributed by atoms with Crippen molar-refractivity contribution < 1.29 is 9.90 Å². The maximum Gasteiger partial charge on any atom is 0.407 e. The maximum absolute atomic E-state index is 10.4. The number of hydrogen-bond donors (Lipinski definition) is 2. The Hall–Kier alpha value is -0.770. The van der Waals surface area contributed by atoms with Crippen LogP contribution in [-0.4, -0.2) is 34.7 Å². The van der Waals surface area contributed by atoms with Crippen LogP contribution in [0.3, 0.4) is 0 Å². The average Bonchev–Trinajstić information content (AvgIpc) is 1.56. The quantitative estimate of drug-likeness (QED) is 0.548. The van der Waals surface area contributed by atoms with Crippen LogP contribution in [0, 0.1) is 0 Å². The molecule has 1 amide bonds. The monoisotopic (exact) mass is 144 g/mol. The molecule has 1 aliphatic heterocycles. The van der Waals surface area contributed by atoms with E-state index in [-0.39, 0.29) is 12.1 Å². The van der Waals surface area contributed by atoms with E-state index in [1.54, 1.807) is 0 Å². The normalized spacial score (nSPS) is 27.4. The van der Waals surface area contributed by atoms with E-state index in [4.69, 9.17) is 10.8 Å². The minimum Gasteiger partial charge on any atom is -0.465 e. The molecule has 10 heavy (non-hydrogen) atoms. The first kappa shape index (κ1) is 7.34. The number of nitrogens with two attached hydrogens (primary N) is 1. The fourth-order valence-electron chi connectivity index (χ4n) is 1.19. The van der Waals surface area contributed by atoms with Crippen molar-refractivity contribution in [2.75, 3.05) is 6.54 Å². The lowest BCUT2D eigenvalue weighted by Crippen LogP contribution is -2.57. The number of hydrogen-bond acceptors (Lipinski definition) is 2. The molecule has 1 heterocycles. The van der Waals surface area contributed by atoms with E-state index in [1.165, 1.54) is 4.90 Å². The van der Waals surface area contributed by atoms with Crippen molar-refractivity contribution in [3.8, 4) is 0 Å². The highest BCUT2D eigenvalue weighted by Gasteiger charge is 2.34. The Balaban J connectivity index is 2.43. The van der Waals surface area contributed by atoms with Crippen LogP contribution in [0.4, 0.5) is 4.79 Å². The van der Waals surface area contributed by atoms with E-state index >= 15 is 0 Å². The van der Waals surface area contributed by atoms with Gasteiger partial charge in [0.2, 0.25) is 0 Å². The number of amides is 1. The Kier molecular flexibility index (Phi) is 1.80. The van der Waals surface area contributed by atoms with E-state index in [2.05, 4.69) is 0 Å². The number of carbonyl (C=O) groups is 1. The van der Waals surface area contributed by atoms with Gasteiger partial charge in [0.1, 0.15) is 0 Å². The first-order valence-electron chi connectivity index (χ1n) is 3.38. The van der Waals surface area contributed by atoms with Crippen LogP contribution < -0.4 is 5.73 Å². The molecule has 1 saturated heterocycles. The minimum atomic E-state index is -0.853. The van der Waals surface area contributed by atoms with E-state index in [0.717, 1.165) is 6.42 Å². The molecular weight excluding hydrogens is 132 g/mol. The summed E-state index contributed by atoms with van der Waals surface area (Å²) >= 11 is 0. The zero-order chi connectivity index (χ0) is 7.72. The fourth-order valence-corrected chi connectivity index (χ4v) is 1.19. The Bertz CT molecular complexity index is 147. The molecule has 1 aliphatic rings. The fraction of sp³-hybridized carbons (Fsp3) is 0.833. The van der Waals surface area contributed by atoms with Crippen molar-refractivity contribution in [3.63, 3.8) is 0 Å². The molecule has 2 atom stereocenters. The predicted octanol–water partition coefficient (Wildman–Crippen LogP) is 0.0859. The van der Waals surface area contributed by atoms with Gasteiger partial charge in [0.05, 0.1) is 6.04 Å². The third-order valence-electron chi connectivity index (χ3n) is 1.92. The van der Waals surface area contributed by atoms with Gasteiger partial charge in [-0.2, -0.15) is 0 Å². The Morgan fingerprint density at radius 2 is 2.50 bits per heavy atom. The van der Waals surface area contributed by atoms with Crippen molar-refractivity contribution >= 4 is 6.09 Å². The summed E-state index contributed by atoms with van der Waals surface area (Å²) in [4.78, 5) is 11.7. The molecule has 1 unspecified atom stereocenters. The van der Waals surface area contributed by atoms with Crippen LogP contribution in [0.2, 0.25) is 0 Å². The van der Waals surface area contributed by atoms with Crippen LogP contribution in [0.25, 0.3) is 0 Å². The molecule has 0 bridgehead atoms. The molecule has 0 radical (unpaired) electrons. The van der Waals surface area contributed by atoms with Crippen LogP contribution >= 0.6 is 0 Å². The van der Waals surface area contributed by atoms with E-state index in [9.17, 15) is 4.79 Å². The molecule has 4 heteroatoms. The van der Waals surface area contributed by atoms with Crippen molar-refractivity contribution in [1.29, 1.82) is 0 Å². The highest BCUT2D eigenvalue weighted by molar-refractivity contribution is 5.66. The third kappa shape index (κ3) is 1.07. The predicted molar refractivity (Wildman–Crippen MR) is 36.8 cm³/mol. The topological polar surface area (TPSA) is 66.6 Å². The van der Waals surface area contributed by atoms with Gasteiger partial charge in [0.15, 0.2) is 0 Å². The van der Waals surface area contributed by atoms with Crippen molar-refractivity contribution in [2.45, 2.75) is 25.4 Å². The van der Waals surface area contributed by atoms with E-state index in [1.807, 2.05) is 6.92 Å². The zero-order valence-electron chi connectivity index (χ0n) is 5.95. The lowest BCUT2D eigenvalue weighted by molar-refractivity contribution is 0.0659. The van der Waals surface area contributed by atoms with Gasteiger partial charge >= 0.3 is 6.09 Å². The SMILES string of the molecule is C[C@H](N)C1CCN1C(=O)O. The van der Waals surface area contributed by atoms with Crippen LogP contribution in [0.5, 0.6) is 0 Å². The summed E-state index contributed by atoms with van der Waals surface area (Å²) in [6.45, 7) is 2.47. The molecule has 1 rings (SSSR count). The van der Waals surface area contributed by atoms with Crippen LogP contribution in [-0.2, 0) is 0 Å². The van der Waals surface area contributed by atoms with Gasteiger partial charge in [-0.25, -0.2) is 4.79 Å². The summed E-state index contributed by atoms with van der Waals surface area (Å²) < 4.78 is 0. The first-order valence-corrected chi connectivity index (χ1v) is 3.38. The molecule has 3 N–H and O–H groups in total. The average molecular weight is 144 g/mol.